The molecule has 2 unspecified atom stereocenters. The molecule has 3 aromatic rings. The molecule has 2 atom stereocenters. The molecule has 204 valence electrons. The topological polar surface area (TPSA) is 104 Å². The number of pyridine rings is 1. The molecule has 0 bridgehead atoms. The first kappa shape index (κ1) is 25.8. The van der Waals surface area contributed by atoms with Gasteiger partial charge in [-0.15, -0.1) is 0 Å². The van der Waals surface area contributed by atoms with Gasteiger partial charge in [-0.05, 0) is 77.1 Å². The number of nitrogens with zero attached hydrogens (tertiary/aromatic N) is 1. The van der Waals surface area contributed by atoms with Gasteiger partial charge in [-0.2, -0.15) is 0 Å². The number of aryl methyl sites for hydroxylation is 1. The lowest BCUT2D eigenvalue weighted by Gasteiger charge is -2.25. The number of fused-ring (bicyclic) bond motifs is 1. The third-order valence-electron chi connectivity index (χ3n) is 7.72. The Labute approximate surface area is 229 Å². The van der Waals surface area contributed by atoms with Crippen molar-refractivity contribution in [2.24, 2.45) is 5.73 Å². The van der Waals surface area contributed by atoms with Crippen molar-refractivity contribution in [2.45, 2.75) is 82.6 Å². The standard InChI is InChI=1S/C32H36N2O5/c1-19-4-6-20(7-5-19)29-30-24(31(2,33)18-37-30)17-28(34-29)32(3,36)15-14-25(35)21-8-13-26(38-22-9-10-22)27(16-21)39-23-11-12-23/h4-8,13,16-17,22-23,36H,9-12,14-15,18,33H2,1-3H3. The molecule has 2 aromatic carbocycles. The van der Waals surface area contributed by atoms with E-state index in [0.29, 0.717) is 40.8 Å². The molecule has 7 nitrogen and oxygen atoms in total. The molecule has 6 rings (SSSR count). The Morgan fingerprint density at radius 3 is 2.41 bits per heavy atom. The molecule has 3 N–H and O–H groups in total. The molecule has 2 heterocycles. The molecule has 2 fully saturated rings. The minimum Gasteiger partial charge on any atom is -0.489 e. The summed E-state index contributed by atoms with van der Waals surface area (Å²) in [6.45, 7) is 5.98. The number of benzene rings is 2. The Morgan fingerprint density at radius 2 is 1.74 bits per heavy atom. The van der Waals surface area contributed by atoms with E-state index in [2.05, 4.69) is 0 Å². The first-order chi connectivity index (χ1) is 18.6. The van der Waals surface area contributed by atoms with Crippen LogP contribution in [0.25, 0.3) is 11.3 Å². The Hall–Kier alpha value is -3.42. The Kier molecular flexibility index (Phi) is 6.39. The number of ketones is 1. The minimum absolute atomic E-state index is 0.0687. The molecule has 2 aliphatic carbocycles. The fourth-order valence-electron chi connectivity index (χ4n) is 4.82. The zero-order chi connectivity index (χ0) is 27.4. The van der Waals surface area contributed by atoms with Crippen LogP contribution in [0.1, 0.15) is 79.6 Å². The van der Waals surface area contributed by atoms with Crippen molar-refractivity contribution in [1.82, 2.24) is 4.98 Å². The fourth-order valence-corrected chi connectivity index (χ4v) is 4.82. The van der Waals surface area contributed by atoms with Crippen molar-refractivity contribution in [2.75, 3.05) is 6.61 Å². The van der Waals surface area contributed by atoms with Gasteiger partial charge in [-0.25, -0.2) is 4.98 Å². The number of hydrogen-bond donors (Lipinski definition) is 2. The first-order valence-electron chi connectivity index (χ1n) is 13.9. The van der Waals surface area contributed by atoms with Crippen molar-refractivity contribution in [3.8, 4) is 28.5 Å². The Bertz CT molecular complexity index is 1400. The second-order valence-corrected chi connectivity index (χ2v) is 11.8. The molecule has 7 heteroatoms. The van der Waals surface area contributed by atoms with Gasteiger partial charge in [-0.3, -0.25) is 4.79 Å². The molecule has 1 aliphatic heterocycles. The molecule has 1 aromatic heterocycles. The summed E-state index contributed by atoms with van der Waals surface area (Å²) in [5, 5.41) is 11.6. The van der Waals surface area contributed by atoms with Crippen molar-refractivity contribution in [3.63, 3.8) is 0 Å². The molecule has 2 saturated carbocycles. The van der Waals surface area contributed by atoms with Gasteiger partial charge in [0.15, 0.2) is 23.0 Å². The number of aromatic nitrogens is 1. The smallest absolute Gasteiger partial charge is 0.163 e. The van der Waals surface area contributed by atoms with E-state index >= 15 is 0 Å². The van der Waals surface area contributed by atoms with Crippen LogP contribution < -0.4 is 19.9 Å². The predicted molar refractivity (Wildman–Crippen MR) is 148 cm³/mol. The quantitative estimate of drug-likeness (QED) is 0.331. The second kappa shape index (κ2) is 9.65. The maximum Gasteiger partial charge on any atom is 0.163 e. The van der Waals surface area contributed by atoms with E-state index in [1.54, 1.807) is 19.1 Å². The number of carbonyl (C=O) groups is 1. The van der Waals surface area contributed by atoms with E-state index in [-0.39, 0.29) is 30.8 Å². The van der Waals surface area contributed by atoms with Crippen molar-refractivity contribution >= 4 is 5.78 Å². The van der Waals surface area contributed by atoms with E-state index in [9.17, 15) is 9.90 Å². The van der Waals surface area contributed by atoms with Crippen LogP contribution in [-0.2, 0) is 11.1 Å². The molecular formula is C32H36N2O5. The van der Waals surface area contributed by atoms with Crippen molar-refractivity contribution in [3.05, 3.63) is 70.9 Å². The van der Waals surface area contributed by atoms with Crippen LogP contribution in [0.4, 0.5) is 0 Å². The van der Waals surface area contributed by atoms with E-state index in [1.807, 2.05) is 50.2 Å². The molecule has 0 radical (unpaired) electrons. The van der Waals surface area contributed by atoms with Crippen LogP contribution in [-0.4, -0.2) is 34.7 Å². The van der Waals surface area contributed by atoms with Gasteiger partial charge < -0.3 is 25.1 Å². The van der Waals surface area contributed by atoms with Crippen LogP contribution in [0.3, 0.4) is 0 Å². The predicted octanol–water partition coefficient (Wildman–Crippen LogP) is 5.58. The molecule has 0 amide bonds. The van der Waals surface area contributed by atoms with Gasteiger partial charge in [0.25, 0.3) is 0 Å². The summed E-state index contributed by atoms with van der Waals surface area (Å²) in [5.41, 5.74) is 9.00. The summed E-state index contributed by atoms with van der Waals surface area (Å²) in [6, 6.07) is 15.3. The highest BCUT2D eigenvalue weighted by atomic mass is 16.5. The highest BCUT2D eigenvalue weighted by Crippen LogP contribution is 2.44. The number of aliphatic hydroxyl groups is 1. The summed E-state index contributed by atoms with van der Waals surface area (Å²) in [4.78, 5) is 18.1. The molecule has 0 saturated heterocycles. The zero-order valence-electron chi connectivity index (χ0n) is 22.8. The Morgan fingerprint density at radius 1 is 1.08 bits per heavy atom. The lowest BCUT2D eigenvalue weighted by Crippen LogP contribution is -2.35. The molecule has 39 heavy (non-hydrogen) atoms. The van der Waals surface area contributed by atoms with E-state index in [4.69, 9.17) is 24.9 Å². The van der Waals surface area contributed by atoms with Crippen LogP contribution in [0.5, 0.6) is 17.2 Å². The largest absolute Gasteiger partial charge is 0.489 e. The zero-order valence-corrected chi connectivity index (χ0v) is 22.8. The maximum absolute atomic E-state index is 13.3. The summed E-state index contributed by atoms with van der Waals surface area (Å²) in [6.07, 6.45) is 4.94. The summed E-state index contributed by atoms with van der Waals surface area (Å²) in [7, 11) is 0. The van der Waals surface area contributed by atoms with Gasteiger partial charge in [0, 0.05) is 23.1 Å². The van der Waals surface area contributed by atoms with E-state index < -0.39 is 11.1 Å². The average Bonchev–Trinajstić information content (AvgIpc) is 3.84. The van der Waals surface area contributed by atoms with Gasteiger partial charge in [0.2, 0.25) is 0 Å². The van der Waals surface area contributed by atoms with Crippen LogP contribution in [0, 0.1) is 6.92 Å². The lowest BCUT2D eigenvalue weighted by atomic mass is 9.88. The average molecular weight is 529 g/mol. The molecular weight excluding hydrogens is 492 g/mol. The van der Waals surface area contributed by atoms with Gasteiger partial charge in [0.05, 0.1) is 23.4 Å². The fraction of sp³-hybridized carbons (Fsp3) is 0.438. The molecule has 0 spiro atoms. The van der Waals surface area contributed by atoms with Crippen LogP contribution in [0.2, 0.25) is 0 Å². The number of carbonyl (C=O) groups excluding carboxylic acids is 1. The SMILES string of the molecule is Cc1ccc(-c2nc(C(C)(O)CCC(=O)c3ccc(OC4CC4)c(OC4CC4)c3)cc3c2OCC3(C)N)cc1. The number of nitrogens with two attached hydrogens (primary N) is 1. The van der Waals surface area contributed by atoms with Crippen molar-refractivity contribution in [1.29, 1.82) is 0 Å². The summed E-state index contributed by atoms with van der Waals surface area (Å²) < 4.78 is 18.0. The third-order valence-corrected chi connectivity index (χ3v) is 7.72. The number of Topliss-reactive ketones (excluding diaryl/α,β-unsaturated/α-hetero) is 1. The summed E-state index contributed by atoms with van der Waals surface area (Å²) >= 11 is 0. The van der Waals surface area contributed by atoms with Crippen LogP contribution >= 0.6 is 0 Å². The van der Waals surface area contributed by atoms with Crippen LogP contribution in [0.15, 0.2) is 48.5 Å². The van der Waals surface area contributed by atoms with Gasteiger partial charge >= 0.3 is 0 Å². The number of ether oxygens (including phenoxy) is 3. The molecule has 3 aliphatic rings. The van der Waals surface area contributed by atoms with Crippen molar-refractivity contribution < 1.29 is 24.1 Å². The van der Waals surface area contributed by atoms with Gasteiger partial charge in [0.1, 0.15) is 17.9 Å². The highest BCUT2D eigenvalue weighted by molar-refractivity contribution is 5.96. The third kappa shape index (κ3) is 5.52. The van der Waals surface area contributed by atoms with E-state index in [0.717, 1.165) is 42.4 Å². The van der Waals surface area contributed by atoms with Gasteiger partial charge in [-0.1, -0.05) is 29.8 Å². The first-order valence-corrected chi connectivity index (χ1v) is 13.9. The summed E-state index contributed by atoms with van der Waals surface area (Å²) in [5.74, 6) is 1.91. The highest BCUT2D eigenvalue weighted by Gasteiger charge is 2.38. The number of rotatable bonds is 10. The lowest BCUT2D eigenvalue weighted by molar-refractivity contribution is 0.0396. The minimum atomic E-state index is -1.36. The van der Waals surface area contributed by atoms with E-state index in [1.165, 1.54) is 0 Å². The monoisotopic (exact) mass is 528 g/mol. The number of hydrogen-bond acceptors (Lipinski definition) is 7. The maximum atomic E-state index is 13.3. The normalized spacial score (nSPS) is 21.6. The Balaban J connectivity index is 1.24. The second-order valence-electron chi connectivity index (χ2n) is 11.8.